The van der Waals surface area contributed by atoms with Gasteiger partial charge in [0, 0.05) is 77.6 Å². The molecule has 1 aliphatic heterocycles. The van der Waals surface area contributed by atoms with E-state index in [2.05, 4.69) is 24.9 Å². The SMILES string of the molecule is COCCN(Cc1cnn(C)c1)C(=O)CN1CCN(c2ncccn2)CC1. The zero-order chi connectivity index (χ0) is 19.1. The number of carbonyl (C=O) groups is 1. The predicted octanol–water partition coefficient (Wildman–Crippen LogP) is 0.00730. The Kier molecular flexibility index (Phi) is 6.72. The Hall–Kier alpha value is -2.52. The number of aromatic nitrogens is 4. The summed E-state index contributed by atoms with van der Waals surface area (Å²) >= 11 is 0. The molecule has 0 atom stereocenters. The van der Waals surface area contributed by atoms with Crippen LogP contribution in [0.15, 0.2) is 30.9 Å². The Bertz CT molecular complexity index is 714. The molecule has 0 radical (unpaired) electrons. The monoisotopic (exact) mass is 373 g/mol. The maximum absolute atomic E-state index is 12.8. The van der Waals surface area contributed by atoms with Crippen LogP contribution < -0.4 is 4.90 Å². The van der Waals surface area contributed by atoms with Crippen LogP contribution in [0.25, 0.3) is 0 Å². The Balaban J connectivity index is 1.52. The van der Waals surface area contributed by atoms with E-state index in [1.807, 2.05) is 24.2 Å². The number of hydrogen-bond donors (Lipinski definition) is 0. The van der Waals surface area contributed by atoms with E-state index in [-0.39, 0.29) is 5.91 Å². The van der Waals surface area contributed by atoms with Crippen LogP contribution in [0.1, 0.15) is 5.56 Å². The molecule has 1 amide bonds. The predicted molar refractivity (Wildman–Crippen MR) is 101 cm³/mol. The first kappa shape index (κ1) is 19.2. The van der Waals surface area contributed by atoms with E-state index in [4.69, 9.17) is 4.74 Å². The Morgan fingerprint density at radius 3 is 2.59 bits per heavy atom. The number of anilines is 1. The van der Waals surface area contributed by atoms with Crippen LogP contribution in [-0.2, 0) is 23.1 Å². The van der Waals surface area contributed by atoms with Crippen molar-refractivity contribution in [3.8, 4) is 0 Å². The van der Waals surface area contributed by atoms with Crippen LogP contribution in [0.5, 0.6) is 0 Å². The summed E-state index contributed by atoms with van der Waals surface area (Å²) in [6.07, 6.45) is 7.24. The molecule has 0 bridgehead atoms. The minimum absolute atomic E-state index is 0.111. The van der Waals surface area contributed by atoms with E-state index in [0.717, 1.165) is 37.7 Å². The molecule has 27 heavy (non-hydrogen) atoms. The molecule has 146 valence electrons. The van der Waals surface area contributed by atoms with E-state index in [1.54, 1.807) is 30.4 Å². The van der Waals surface area contributed by atoms with Gasteiger partial charge < -0.3 is 14.5 Å². The third-order valence-electron chi connectivity index (χ3n) is 4.62. The molecule has 1 saturated heterocycles. The Morgan fingerprint density at radius 2 is 1.96 bits per heavy atom. The fraction of sp³-hybridized carbons (Fsp3) is 0.556. The van der Waals surface area contributed by atoms with Crippen molar-refractivity contribution in [3.05, 3.63) is 36.4 Å². The number of methoxy groups -OCH3 is 1. The zero-order valence-electron chi connectivity index (χ0n) is 16.0. The lowest BCUT2D eigenvalue weighted by atomic mass is 10.3. The summed E-state index contributed by atoms with van der Waals surface area (Å²) in [6.45, 7) is 5.31. The van der Waals surface area contributed by atoms with Crippen LogP contribution in [0.2, 0.25) is 0 Å². The molecule has 0 saturated carbocycles. The largest absolute Gasteiger partial charge is 0.383 e. The van der Waals surface area contributed by atoms with Crippen molar-refractivity contribution in [2.24, 2.45) is 7.05 Å². The smallest absolute Gasteiger partial charge is 0.237 e. The molecule has 1 fully saturated rings. The van der Waals surface area contributed by atoms with Crippen molar-refractivity contribution in [1.82, 2.24) is 29.5 Å². The highest BCUT2D eigenvalue weighted by Gasteiger charge is 2.23. The highest BCUT2D eigenvalue weighted by atomic mass is 16.5. The van der Waals surface area contributed by atoms with Gasteiger partial charge in [-0.25, -0.2) is 9.97 Å². The molecule has 2 aromatic heterocycles. The van der Waals surface area contributed by atoms with Crippen LogP contribution >= 0.6 is 0 Å². The molecule has 3 rings (SSSR count). The van der Waals surface area contributed by atoms with E-state index >= 15 is 0 Å². The van der Waals surface area contributed by atoms with Crippen LogP contribution in [0.3, 0.4) is 0 Å². The van der Waals surface area contributed by atoms with Gasteiger partial charge in [-0.05, 0) is 6.07 Å². The first-order chi connectivity index (χ1) is 13.2. The minimum Gasteiger partial charge on any atom is -0.383 e. The summed E-state index contributed by atoms with van der Waals surface area (Å²) in [6, 6.07) is 1.81. The van der Waals surface area contributed by atoms with Crippen LogP contribution in [0, 0.1) is 0 Å². The first-order valence-electron chi connectivity index (χ1n) is 9.14. The molecular weight excluding hydrogens is 346 g/mol. The minimum atomic E-state index is 0.111. The van der Waals surface area contributed by atoms with Gasteiger partial charge in [0.25, 0.3) is 0 Å². The number of nitrogens with zero attached hydrogens (tertiary/aromatic N) is 7. The summed E-state index contributed by atoms with van der Waals surface area (Å²) in [4.78, 5) is 27.6. The average Bonchev–Trinajstić information content (AvgIpc) is 3.11. The van der Waals surface area contributed by atoms with Crippen molar-refractivity contribution >= 4 is 11.9 Å². The molecular formula is C18H27N7O2. The van der Waals surface area contributed by atoms with Gasteiger partial charge in [-0.3, -0.25) is 14.4 Å². The third-order valence-corrected chi connectivity index (χ3v) is 4.62. The van der Waals surface area contributed by atoms with E-state index in [9.17, 15) is 4.79 Å². The number of carbonyl (C=O) groups excluding carboxylic acids is 1. The molecule has 2 aromatic rings. The molecule has 9 nitrogen and oxygen atoms in total. The maximum Gasteiger partial charge on any atom is 0.237 e. The van der Waals surface area contributed by atoms with E-state index in [1.165, 1.54) is 0 Å². The lowest BCUT2D eigenvalue weighted by molar-refractivity contribution is -0.133. The third kappa shape index (κ3) is 5.48. The highest BCUT2D eigenvalue weighted by molar-refractivity contribution is 5.78. The molecule has 0 aromatic carbocycles. The molecule has 0 aliphatic carbocycles. The normalized spacial score (nSPS) is 15.1. The van der Waals surface area contributed by atoms with Gasteiger partial charge in [-0.15, -0.1) is 0 Å². The fourth-order valence-corrected chi connectivity index (χ4v) is 3.12. The molecule has 0 N–H and O–H groups in total. The van der Waals surface area contributed by atoms with Crippen molar-refractivity contribution in [2.75, 3.05) is 57.9 Å². The van der Waals surface area contributed by atoms with Gasteiger partial charge in [0.05, 0.1) is 19.3 Å². The van der Waals surface area contributed by atoms with Crippen molar-refractivity contribution in [3.63, 3.8) is 0 Å². The summed E-state index contributed by atoms with van der Waals surface area (Å²) in [5.41, 5.74) is 1.02. The maximum atomic E-state index is 12.8. The lowest BCUT2D eigenvalue weighted by Gasteiger charge is -2.35. The summed E-state index contributed by atoms with van der Waals surface area (Å²) in [7, 11) is 3.53. The van der Waals surface area contributed by atoms with Gasteiger partial charge in [0.2, 0.25) is 11.9 Å². The second kappa shape index (κ2) is 9.43. The molecule has 0 spiro atoms. The number of rotatable bonds is 8. The number of amides is 1. The van der Waals surface area contributed by atoms with Gasteiger partial charge in [0.15, 0.2) is 0 Å². The molecule has 3 heterocycles. The van der Waals surface area contributed by atoms with Crippen LogP contribution in [0.4, 0.5) is 5.95 Å². The van der Waals surface area contributed by atoms with Gasteiger partial charge in [0.1, 0.15) is 0 Å². The Labute approximate surface area is 159 Å². The van der Waals surface area contributed by atoms with Gasteiger partial charge in [-0.1, -0.05) is 0 Å². The van der Waals surface area contributed by atoms with Crippen molar-refractivity contribution in [1.29, 1.82) is 0 Å². The number of aryl methyl sites for hydroxylation is 1. The first-order valence-corrected chi connectivity index (χ1v) is 9.14. The average molecular weight is 373 g/mol. The molecule has 0 unspecified atom stereocenters. The molecule has 9 heteroatoms. The molecule has 1 aliphatic rings. The standard InChI is InChI=1S/C18H27N7O2/c1-22-13-16(12-21-22)14-25(10-11-27-2)17(26)15-23-6-8-24(9-7-23)18-19-4-3-5-20-18/h3-5,12-13H,6-11,14-15H2,1-2H3. The summed E-state index contributed by atoms with van der Waals surface area (Å²) in [5.74, 6) is 0.863. The Morgan fingerprint density at radius 1 is 1.22 bits per heavy atom. The summed E-state index contributed by atoms with van der Waals surface area (Å²) < 4.78 is 6.92. The van der Waals surface area contributed by atoms with Gasteiger partial charge >= 0.3 is 0 Å². The fourth-order valence-electron chi connectivity index (χ4n) is 3.12. The van der Waals surface area contributed by atoms with E-state index in [0.29, 0.717) is 26.2 Å². The second-order valence-electron chi connectivity index (χ2n) is 6.64. The highest BCUT2D eigenvalue weighted by Crippen LogP contribution is 2.10. The van der Waals surface area contributed by atoms with Crippen molar-refractivity contribution < 1.29 is 9.53 Å². The summed E-state index contributed by atoms with van der Waals surface area (Å²) in [5, 5.41) is 4.18. The lowest BCUT2D eigenvalue weighted by Crippen LogP contribution is -2.50. The second-order valence-corrected chi connectivity index (χ2v) is 6.64. The topological polar surface area (TPSA) is 79.6 Å². The number of piperazine rings is 1. The van der Waals surface area contributed by atoms with Crippen LogP contribution in [-0.4, -0.2) is 88.4 Å². The van der Waals surface area contributed by atoms with Gasteiger partial charge in [-0.2, -0.15) is 5.10 Å². The quantitative estimate of drug-likeness (QED) is 0.645. The van der Waals surface area contributed by atoms with Crippen molar-refractivity contribution in [2.45, 2.75) is 6.54 Å². The van der Waals surface area contributed by atoms with E-state index < -0.39 is 0 Å². The zero-order valence-corrected chi connectivity index (χ0v) is 16.0. The number of hydrogen-bond acceptors (Lipinski definition) is 7. The number of ether oxygens (including phenoxy) is 1.